The van der Waals surface area contributed by atoms with Gasteiger partial charge in [-0.15, -0.1) is 0 Å². The molecule has 2 rings (SSSR count). The molecule has 0 atom stereocenters. The summed E-state index contributed by atoms with van der Waals surface area (Å²) in [5, 5.41) is 3.34. The van der Waals surface area contributed by atoms with Crippen LogP contribution in [-0.2, 0) is 25.4 Å². The lowest BCUT2D eigenvalue weighted by atomic mass is 10.0. The molecule has 0 unspecified atom stereocenters. The second-order valence-corrected chi connectivity index (χ2v) is 5.76. The minimum Gasteiger partial charge on any atom is -0.385 e. The average Bonchev–Trinajstić information content (AvgIpc) is 3.20. The molecule has 0 radical (unpaired) electrons. The molecule has 1 aliphatic rings. The van der Waals surface area contributed by atoms with Gasteiger partial charge in [0.05, 0.1) is 0 Å². The van der Waals surface area contributed by atoms with E-state index in [0.29, 0.717) is 17.5 Å². The molecule has 0 saturated heterocycles. The van der Waals surface area contributed by atoms with Gasteiger partial charge in [0.2, 0.25) is 0 Å². The first-order valence-electron chi connectivity index (χ1n) is 6.94. The van der Waals surface area contributed by atoms with E-state index in [9.17, 15) is 9.59 Å². The van der Waals surface area contributed by atoms with E-state index in [4.69, 9.17) is 4.74 Å². The van der Waals surface area contributed by atoms with Crippen LogP contribution in [0, 0.1) is 5.41 Å². The summed E-state index contributed by atoms with van der Waals surface area (Å²) in [6.45, 7) is 2.17. The van der Waals surface area contributed by atoms with Crippen LogP contribution in [0.1, 0.15) is 24.8 Å². The number of aryl methyl sites for hydroxylation is 1. The van der Waals surface area contributed by atoms with E-state index in [1.165, 1.54) is 24.5 Å². The van der Waals surface area contributed by atoms with E-state index in [-0.39, 0.29) is 11.2 Å². The number of rotatable bonds is 7. The fourth-order valence-electron chi connectivity index (χ4n) is 2.48. The molecular formula is C14H23N3O3. The Labute approximate surface area is 118 Å². The summed E-state index contributed by atoms with van der Waals surface area (Å²) in [4.78, 5) is 23.6. The van der Waals surface area contributed by atoms with Gasteiger partial charge in [0.25, 0.3) is 5.56 Å². The Balaban J connectivity index is 1.95. The Bertz CT molecular complexity index is 584. The van der Waals surface area contributed by atoms with Crippen molar-refractivity contribution >= 4 is 0 Å². The second kappa shape index (κ2) is 5.93. The van der Waals surface area contributed by atoms with Crippen molar-refractivity contribution in [2.24, 2.45) is 19.5 Å². The van der Waals surface area contributed by atoms with Crippen LogP contribution < -0.4 is 16.6 Å². The molecule has 0 aromatic carbocycles. The summed E-state index contributed by atoms with van der Waals surface area (Å²) >= 11 is 0. The first kappa shape index (κ1) is 15.0. The number of hydrogen-bond donors (Lipinski definition) is 1. The zero-order chi connectivity index (χ0) is 14.8. The molecule has 0 amide bonds. The van der Waals surface area contributed by atoms with Crippen LogP contribution in [-0.4, -0.2) is 29.4 Å². The molecule has 1 aromatic rings. The third kappa shape index (κ3) is 3.19. The molecule has 1 aliphatic carbocycles. The van der Waals surface area contributed by atoms with Crippen LogP contribution in [0.2, 0.25) is 0 Å². The van der Waals surface area contributed by atoms with Crippen molar-refractivity contribution in [3.05, 3.63) is 32.6 Å². The zero-order valence-corrected chi connectivity index (χ0v) is 12.4. The van der Waals surface area contributed by atoms with E-state index in [2.05, 4.69) is 5.32 Å². The highest BCUT2D eigenvalue weighted by atomic mass is 16.5. The van der Waals surface area contributed by atoms with Crippen molar-refractivity contribution in [2.45, 2.75) is 25.8 Å². The molecule has 6 heteroatoms. The fourth-order valence-corrected chi connectivity index (χ4v) is 2.48. The van der Waals surface area contributed by atoms with Gasteiger partial charge in [-0.2, -0.15) is 0 Å². The van der Waals surface area contributed by atoms with E-state index < -0.39 is 0 Å². The molecule has 1 fully saturated rings. The minimum atomic E-state index is -0.294. The highest BCUT2D eigenvalue weighted by Gasteiger charge is 2.41. The largest absolute Gasteiger partial charge is 0.385 e. The number of hydrogen-bond acceptors (Lipinski definition) is 4. The lowest BCUT2D eigenvalue weighted by Crippen LogP contribution is -2.40. The average molecular weight is 281 g/mol. The smallest absolute Gasteiger partial charge is 0.330 e. The summed E-state index contributed by atoms with van der Waals surface area (Å²) < 4.78 is 7.72. The number of ether oxygens (including phenoxy) is 1. The van der Waals surface area contributed by atoms with Gasteiger partial charge in [-0.25, -0.2) is 4.79 Å². The number of aromatic nitrogens is 2. The first-order chi connectivity index (χ1) is 9.49. The van der Waals surface area contributed by atoms with Gasteiger partial charge < -0.3 is 14.6 Å². The molecule has 1 aromatic heterocycles. The van der Waals surface area contributed by atoms with E-state index in [0.717, 1.165) is 24.1 Å². The number of nitrogens with one attached hydrogen (secondary N) is 1. The van der Waals surface area contributed by atoms with Crippen LogP contribution in [0.4, 0.5) is 0 Å². The van der Waals surface area contributed by atoms with E-state index in [1.54, 1.807) is 20.4 Å². The molecule has 6 nitrogen and oxygen atoms in total. The maximum absolute atomic E-state index is 12.0. The predicted octanol–water partition coefficient (Wildman–Crippen LogP) is -0.00970. The van der Waals surface area contributed by atoms with Gasteiger partial charge in [-0.05, 0) is 24.7 Å². The van der Waals surface area contributed by atoms with Crippen molar-refractivity contribution < 1.29 is 4.74 Å². The molecule has 112 valence electrons. The minimum absolute atomic E-state index is 0.220. The van der Waals surface area contributed by atoms with Gasteiger partial charge >= 0.3 is 5.69 Å². The van der Waals surface area contributed by atoms with Gasteiger partial charge in [0.15, 0.2) is 0 Å². The molecule has 0 bridgehead atoms. The van der Waals surface area contributed by atoms with Crippen LogP contribution in [0.5, 0.6) is 0 Å². The number of nitrogens with zero attached hydrogens (tertiary/aromatic N) is 2. The van der Waals surface area contributed by atoms with Crippen molar-refractivity contribution in [1.82, 2.24) is 14.5 Å². The third-order valence-corrected chi connectivity index (χ3v) is 4.13. The van der Waals surface area contributed by atoms with Crippen molar-refractivity contribution in [3.63, 3.8) is 0 Å². The Morgan fingerprint density at radius 2 is 2.05 bits per heavy atom. The van der Waals surface area contributed by atoms with Gasteiger partial charge in [-0.3, -0.25) is 9.36 Å². The summed E-state index contributed by atoms with van der Waals surface area (Å²) in [5.74, 6) is 0. The van der Waals surface area contributed by atoms with Crippen LogP contribution in [0.3, 0.4) is 0 Å². The van der Waals surface area contributed by atoms with E-state index >= 15 is 0 Å². The van der Waals surface area contributed by atoms with E-state index in [1.807, 2.05) is 0 Å². The number of methoxy groups -OCH3 is 1. The van der Waals surface area contributed by atoms with Crippen LogP contribution >= 0.6 is 0 Å². The Morgan fingerprint density at radius 1 is 1.35 bits per heavy atom. The molecule has 1 heterocycles. The molecular weight excluding hydrogens is 258 g/mol. The molecule has 1 N–H and O–H groups in total. The molecule has 20 heavy (non-hydrogen) atoms. The van der Waals surface area contributed by atoms with Crippen molar-refractivity contribution in [2.75, 3.05) is 20.3 Å². The normalized spacial score (nSPS) is 16.4. The summed E-state index contributed by atoms with van der Waals surface area (Å²) in [7, 11) is 4.89. The topological polar surface area (TPSA) is 65.3 Å². The Hall–Kier alpha value is -1.40. The van der Waals surface area contributed by atoms with Crippen molar-refractivity contribution in [3.8, 4) is 0 Å². The summed E-state index contributed by atoms with van der Waals surface area (Å²) in [5.41, 5.74) is 0.457. The zero-order valence-electron chi connectivity index (χ0n) is 12.4. The standard InChI is InChI=1S/C14H23N3O3/c1-16-9-11(12(18)17(2)13(16)19)8-15-10-14(4-5-14)6-7-20-3/h9,15H,4-8,10H2,1-3H3. The molecule has 1 saturated carbocycles. The Kier molecular flexibility index (Phi) is 4.45. The lowest BCUT2D eigenvalue weighted by Gasteiger charge is -2.15. The van der Waals surface area contributed by atoms with Gasteiger partial charge in [0, 0.05) is 52.7 Å². The lowest BCUT2D eigenvalue weighted by molar-refractivity contribution is 0.171. The maximum atomic E-state index is 12.0. The van der Waals surface area contributed by atoms with Gasteiger partial charge in [-0.1, -0.05) is 0 Å². The third-order valence-electron chi connectivity index (χ3n) is 4.13. The molecule has 0 spiro atoms. The maximum Gasteiger partial charge on any atom is 0.330 e. The highest BCUT2D eigenvalue weighted by Crippen LogP contribution is 2.48. The van der Waals surface area contributed by atoms with Crippen LogP contribution in [0.15, 0.2) is 15.8 Å². The van der Waals surface area contributed by atoms with Crippen LogP contribution in [0.25, 0.3) is 0 Å². The summed E-state index contributed by atoms with van der Waals surface area (Å²) in [6, 6.07) is 0. The predicted molar refractivity (Wildman–Crippen MR) is 76.8 cm³/mol. The molecule has 0 aliphatic heterocycles. The first-order valence-corrected chi connectivity index (χ1v) is 6.94. The SMILES string of the molecule is COCCC1(CNCc2cn(C)c(=O)n(C)c2=O)CC1. The second-order valence-electron chi connectivity index (χ2n) is 5.76. The van der Waals surface area contributed by atoms with Crippen molar-refractivity contribution in [1.29, 1.82) is 0 Å². The summed E-state index contributed by atoms with van der Waals surface area (Å²) in [6.07, 6.45) is 5.11. The van der Waals surface area contributed by atoms with Gasteiger partial charge in [0.1, 0.15) is 0 Å². The quantitative estimate of drug-likeness (QED) is 0.763. The Morgan fingerprint density at radius 3 is 2.65 bits per heavy atom. The fraction of sp³-hybridized carbons (Fsp3) is 0.714. The highest BCUT2D eigenvalue weighted by molar-refractivity contribution is 5.06. The monoisotopic (exact) mass is 281 g/mol.